The summed E-state index contributed by atoms with van der Waals surface area (Å²) in [5.74, 6) is 7.32. The topological polar surface area (TPSA) is 103 Å². The molecule has 10 heteroatoms. The molecular formula is C26H22ClN3O5S. The number of halogens is 1. The van der Waals surface area contributed by atoms with E-state index in [-0.39, 0.29) is 16.3 Å². The molecule has 36 heavy (non-hydrogen) atoms. The highest BCUT2D eigenvalue weighted by Crippen LogP contribution is 2.32. The Kier molecular flexibility index (Phi) is 6.48. The van der Waals surface area contributed by atoms with E-state index in [9.17, 15) is 13.2 Å². The molecule has 1 N–H and O–H groups in total. The zero-order valence-corrected chi connectivity index (χ0v) is 20.9. The van der Waals surface area contributed by atoms with Crippen molar-refractivity contribution in [1.82, 2.24) is 9.72 Å². The van der Waals surface area contributed by atoms with Crippen molar-refractivity contribution in [3.63, 3.8) is 0 Å². The zero-order valence-electron chi connectivity index (χ0n) is 19.3. The number of fused-ring (bicyclic) bond motifs is 1. The van der Waals surface area contributed by atoms with Gasteiger partial charge in [-0.2, -0.15) is 0 Å². The summed E-state index contributed by atoms with van der Waals surface area (Å²) in [7, 11) is -2.41. The van der Waals surface area contributed by atoms with Crippen LogP contribution in [-0.2, 0) is 10.0 Å². The van der Waals surface area contributed by atoms with E-state index in [2.05, 4.69) is 26.2 Å². The predicted molar refractivity (Wildman–Crippen MR) is 137 cm³/mol. The van der Waals surface area contributed by atoms with E-state index in [1.807, 2.05) is 0 Å². The average Bonchev–Trinajstić information content (AvgIpc) is 3.57. The highest BCUT2D eigenvalue weighted by atomic mass is 35.5. The third-order valence-electron chi connectivity index (χ3n) is 6.13. The van der Waals surface area contributed by atoms with Crippen molar-refractivity contribution in [2.24, 2.45) is 5.92 Å². The number of anilines is 1. The zero-order chi connectivity index (χ0) is 25.3. The number of benzene rings is 2. The van der Waals surface area contributed by atoms with Crippen LogP contribution in [0.25, 0.3) is 16.6 Å². The Hall–Kier alpha value is -3.74. The molecule has 0 saturated heterocycles. The van der Waals surface area contributed by atoms with Crippen molar-refractivity contribution in [3.8, 4) is 23.3 Å². The molecule has 0 aliphatic heterocycles. The molecule has 2 aromatic heterocycles. The number of aromatic nitrogens is 2. The van der Waals surface area contributed by atoms with Crippen LogP contribution < -0.4 is 15.0 Å². The maximum absolute atomic E-state index is 13.0. The summed E-state index contributed by atoms with van der Waals surface area (Å²) in [6.45, 7) is 0. The van der Waals surface area contributed by atoms with Gasteiger partial charge in [0.1, 0.15) is 12.0 Å². The van der Waals surface area contributed by atoms with E-state index in [1.165, 1.54) is 55.0 Å². The molecule has 0 unspecified atom stereocenters. The Balaban J connectivity index is 1.58. The van der Waals surface area contributed by atoms with Gasteiger partial charge in [-0.3, -0.25) is 14.1 Å². The van der Waals surface area contributed by atoms with Crippen LogP contribution in [0.15, 0.2) is 69.0 Å². The fraction of sp³-hybridized carbons (Fsp3) is 0.231. The summed E-state index contributed by atoms with van der Waals surface area (Å²) in [4.78, 5) is 13.0. The van der Waals surface area contributed by atoms with Gasteiger partial charge in [0.2, 0.25) is 0 Å². The van der Waals surface area contributed by atoms with E-state index >= 15 is 0 Å². The van der Waals surface area contributed by atoms with Gasteiger partial charge in [-0.25, -0.2) is 8.42 Å². The lowest BCUT2D eigenvalue weighted by molar-refractivity contribution is 0.413. The molecule has 4 aromatic rings. The second-order valence-corrected chi connectivity index (χ2v) is 10.6. The van der Waals surface area contributed by atoms with E-state index in [1.54, 1.807) is 24.3 Å². The van der Waals surface area contributed by atoms with Gasteiger partial charge < -0.3 is 9.26 Å². The van der Waals surface area contributed by atoms with Gasteiger partial charge in [0, 0.05) is 29.0 Å². The third-order valence-corrected chi connectivity index (χ3v) is 7.79. The normalized spacial score (nSPS) is 13.9. The summed E-state index contributed by atoms with van der Waals surface area (Å²) >= 11 is 6.58. The van der Waals surface area contributed by atoms with E-state index in [0.29, 0.717) is 38.8 Å². The standard InChI is InChI=1S/C26H22ClN3O5S/c1-34-24-15-18(7-6-17-4-2-3-5-17)21(27)16-23(24)30-22-10-9-20(14-19(22)8-11-26(30)31)36(32,33)29-25-12-13-35-28-25/h8-17H,2-5H2,1H3,(H,28,29). The van der Waals surface area contributed by atoms with Crippen LogP contribution in [-0.4, -0.2) is 25.3 Å². The van der Waals surface area contributed by atoms with Crippen LogP contribution in [0.4, 0.5) is 5.82 Å². The Bertz CT molecular complexity index is 1660. The first kappa shape index (κ1) is 24.0. The largest absolute Gasteiger partial charge is 0.495 e. The third kappa shape index (κ3) is 4.70. The number of methoxy groups -OCH3 is 1. The second-order valence-electron chi connectivity index (χ2n) is 8.47. The van der Waals surface area contributed by atoms with Crippen molar-refractivity contribution in [2.45, 2.75) is 30.6 Å². The minimum Gasteiger partial charge on any atom is -0.495 e. The van der Waals surface area contributed by atoms with Crippen LogP contribution in [0.2, 0.25) is 5.02 Å². The van der Waals surface area contributed by atoms with E-state index in [0.717, 1.165) is 12.8 Å². The quantitative estimate of drug-likeness (QED) is 0.370. The van der Waals surface area contributed by atoms with Crippen molar-refractivity contribution in [1.29, 1.82) is 0 Å². The molecule has 0 spiro atoms. The highest BCUT2D eigenvalue weighted by Gasteiger charge is 2.19. The van der Waals surface area contributed by atoms with Gasteiger partial charge in [-0.15, -0.1) is 0 Å². The molecule has 0 radical (unpaired) electrons. The van der Waals surface area contributed by atoms with Crippen molar-refractivity contribution in [2.75, 3.05) is 11.8 Å². The van der Waals surface area contributed by atoms with Gasteiger partial charge in [0.05, 0.1) is 28.2 Å². The Morgan fingerprint density at radius 3 is 2.67 bits per heavy atom. The smallest absolute Gasteiger partial charge is 0.263 e. The molecular weight excluding hydrogens is 502 g/mol. The fourth-order valence-corrected chi connectivity index (χ4v) is 5.56. The Morgan fingerprint density at radius 2 is 1.94 bits per heavy atom. The number of hydrogen-bond donors (Lipinski definition) is 1. The first-order valence-electron chi connectivity index (χ1n) is 11.3. The number of sulfonamides is 1. The predicted octanol–water partition coefficient (Wildman–Crippen LogP) is 4.98. The molecule has 184 valence electrons. The second kappa shape index (κ2) is 9.72. The van der Waals surface area contributed by atoms with E-state index < -0.39 is 10.0 Å². The van der Waals surface area contributed by atoms with Gasteiger partial charge in [-0.05, 0) is 49.2 Å². The number of rotatable bonds is 5. The molecule has 8 nitrogen and oxygen atoms in total. The molecule has 2 heterocycles. The summed E-state index contributed by atoms with van der Waals surface area (Å²) in [5, 5.41) is 4.51. The number of pyridine rings is 1. The maximum Gasteiger partial charge on any atom is 0.263 e. The minimum absolute atomic E-state index is 0.00531. The SMILES string of the molecule is COc1cc(C#CC2CCCC2)c(Cl)cc1-n1c(=O)ccc2cc(S(=O)(=O)Nc3ccon3)ccc21. The van der Waals surface area contributed by atoms with Gasteiger partial charge >= 0.3 is 0 Å². The molecule has 0 bridgehead atoms. The van der Waals surface area contributed by atoms with Gasteiger partial charge in [0.25, 0.3) is 15.6 Å². The molecule has 1 aliphatic carbocycles. The lowest BCUT2D eigenvalue weighted by Crippen LogP contribution is -2.19. The highest BCUT2D eigenvalue weighted by molar-refractivity contribution is 7.92. The molecule has 5 rings (SSSR count). The summed E-state index contributed by atoms with van der Waals surface area (Å²) in [5.41, 5.74) is 1.23. The number of nitrogens with zero attached hydrogens (tertiary/aromatic N) is 2. The maximum atomic E-state index is 13.0. The monoisotopic (exact) mass is 523 g/mol. The van der Waals surface area contributed by atoms with Crippen molar-refractivity contribution in [3.05, 3.63) is 75.7 Å². The number of nitrogens with one attached hydrogen (secondary N) is 1. The Labute approximate surface area is 212 Å². The summed E-state index contributed by atoms with van der Waals surface area (Å²) < 4.78 is 39.7. The lowest BCUT2D eigenvalue weighted by Gasteiger charge is -2.16. The summed E-state index contributed by atoms with van der Waals surface area (Å²) in [6.07, 6.45) is 5.84. The van der Waals surface area contributed by atoms with Crippen molar-refractivity contribution < 1.29 is 17.7 Å². The van der Waals surface area contributed by atoms with Crippen LogP contribution in [0, 0.1) is 17.8 Å². The number of hydrogen-bond acceptors (Lipinski definition) is 6. The minimum atomic E-state index is -3.92. The molecule has 1 aliphatic rings. The molecule has 1 saturated carbocycles. The molecule has 0 atom stereocenters. The van der Waals surface area contributed by atoms with Crippen LogP contribution >= 0.6 is 11.6 Å². The molecule has 2 aromatic carbocycles. The average molecular weight is 524 g/mol. The van der Waals surface area contributed by atoms with Gasteiger partial charge in [-0.1, -0.05) is 41.4 Å². The van der Waals surface area contributed by atoms with Crippen LogP contribution in [0.5, 0.6) is 5.75 Å². The first-order chi connectivity index (χ1) is 17.4. The Morgan fingerprint density at radius 1 is 1.14 bits per heavy atom. The first-order valence-corrected chi connectivity index (χ1v) is 13.2. The van der Waals surface area contributed by atoms with Crippen LogP contribution in [0.1, 0.15) is 31.2 Å². The van der Waals surface area contributed by atoms with Crippen LogP contribution in [0.3, 0.4) is 0 Å². The van der Waals surface area contributed by atoms with Gasteiger partial charge in [0.15, 0.2) is 5.82 Å². The summed E-state index contributed by atoms with van der Waals surface area (Å²) in [6, 6.07) is 12.2. The molecule has 0 amide bonds. The number of ether oxygens (including phenoxy) is 1. The van der Waals surface area contributed by atoms with Crippen molar-refractivity contribution >= 4 is 38.3 Å². The molecule has 1 fully saturated rings. The lowest BCUT2D eigenvalue weighted by atomic mass is 10.1. The van der Waals surface area contributed by atoms with E-state index in [4.69, 9.17) is 16.3 Å². The fourth-order valence-electron chi connectivity index (χ4n) is 4.33.